The molecule has 5 rings (SSSR count). The first-order chi connectivity index (χ1) is 14.5. The second-order valence-electron chi connectivity index (χ2n) is 11.2. The van der Waals surface area contributed by atoms with Crippen molar-refractivity contribution in [3.63, 3.8) is 0 Å². The van der Waals surface area contributed by atoms with Gasteiger partial charge in [-0.2, -0.15) is 0 Å². The fraction of sp³-hybridized carbons (Fsp3) is 0.920. The molecule has 0 spiro atoms. The molecule has 1 saturated heterocycles. The fourth-order valence-corrected chi connectivity index (χ4v) is 8.67. The summed E-state index contributed by atoms with van der Waals surface area (Å²) in [6.45, 7) is 6.75. The van der Waals surface area contributed by atoms with Crippen LogP contribution in [0.1, 0.15) is 78.1 Å². The monoisotopic (exact) mass is 416 g/mol. The number of nitrogens with one attached hydrogen (secondary N) is 1. The number of carbonyl (C=O) groups is 1. The van der Waals surface area contributed by atoms with Gasteiger partial charge in [0.1, 0.15) is 11.9 Å². The summed E-state index contributed by atoms with van der Waals surface area (Å²) in [6.07, 6.45) is 10.7. The Bertz CT molecular complexity index is 703. The lowest BCUT2D eigenvalue weighted by Crippen LogP contribution is -2.58. The van der Waals surface area contributed by atoms with Crippen LogP contribution in [-0.4, -0.2) is 42.4 Å². The van der Waals surface area contributed by atoms with Gasteiger partial charge in [-0.3, -0.25) is 4.79 Å². The highest BCUT2D eigenvalue weighted by Gasteiger charge is 2.62. The van der Waals surface area contributed by atoms with Crippen LogP contribution >= 0.6 is 0 Å². The van der Waals surface area contributed by atoms with Crippen LogP contribution in [0.5, 0.6) is 0 Å². The third-order valence-corrected chi connectivity index (χ3v) is 10.3. The highest BCUT2D eigenvalue weighted by atomic mass is 16.6. The minimum Gasteiger partial charge on any atom is -0.396 e. The van der Waals surface area contributed by atoms with Crippen LogP contribution in [0.2, 0.25) is 0 Å². The SMILES string of the molecule is CC[C@H]1/C(=N/OC2CCNC2)CC[C@]2(CO)C3CC[C@]4(C)C(=O)CCC4C3CCC12. The van der Waals surface area contributed by atoms with E-state index in [1.807, 2.05) is 0 Å². The van der Waals surface area contributed by atoms with Gasteiger partial charge in [-0.25, -0.2) is 0 Å². The second-order valence-corrected chi connectivity index (χ2v) is 11.2. The Hall–Kier alpha value is -0.940. The predicted octanol–water partition coefficient (Wildman–Crippen LogP) is 3.94. The van der Waals surface area contributed by atoms with Crippen LogP contribution in [0.4, 0.5) is 0 Å². The minimum atomic E-state index is -0.0841. The van der Waals surface area contributed by atoms with Crippen LogP contribution in [0, 0.1) is 40.4 Å². The molecule has 0 amide bonds. The largest absolute Gasteiger partial charge is 0.396 e. The van der Waals surface area contributed by atoms with Gasteiger partial charge in [0.15, 0.2) is 0 Å². The Balaban J connectivity index is 1.40. The molecule has 4 aliphatic carbocycles. The molecule has 0 radical (unpaired) electrons. The van der Waals surface area contributed by atoms with Crippen LogP contribution in [0.15, 0.2) is 5.16 Å². The van der Waals surface area contributed by atoms with Crippen LogP contribution in [0.3, 0.4) is 0 Å². The predicted molar refractivity (Wildman–Crippen MR) is 117 cm³/mol. The van der Waals surface area contributed by atoms with Gasteiger partial charge >= 0.3 is 0 Å². The number of fused-ring (bicyclic) bond motifs is 5. The summed E-state index contributed by atoms with van der Waals surface area (Å²) in [5.41, 5.74) is 1.18. The van der Waals surface area contributed by atoms with E-state index in [1.54, 1.807) is 0 Å². The molecule has 0 bridgehead atoms. The Morgan fingerprint density at radius 3 is 2.70 bits per heavy atom. The quantitative estimate of drug-likeness (QED) is 0.681. The summed E-state index contributed by atoms with van der Waals surface area (Å²) in [6, 6.07) is 0. The van der Waals surface area contributed by atoms with E-state index >= 15 is 0 Å². The third kappa shape index (κ3) is 3.02. The Morgan fingerprint density at radius 2 is 1.97 bits per heavy atom. The maximum Gasteiger partial charge on any atom is 0.141 e. The number of ketones is 1. The van der Waals surface area contributed by atoms with Crippen LogP contribution in [0.25, 0.3) is 0 Å². The van der Waals surface area contributed by atoms with E-state index < -0.39 is 0 Å². The van der Waals surface area contributed by atoms with E-state index in [-0.39, 0.29) is 16.9 Å². The minimum absolute atomic E-state index is 0.0183. The van der Waals surface area contributed by atoms with Gasteiger partial charge in [-0.15, -0.1) is 0 Å². The highest BCUT2D eigenvalue weighted by Crippen LogP contribution is 2.66. The maximum absolute atomic E-state index is 12.7. The molecule has 168 valence electrons. The molecule has 0 aromatic rings. The molecule has 0 aromatic heterocycles. The van der Waals surface area contributed by atoms with Gasteiger partial charge in [-0.05, 0) is 81.6 Å². The lowest BCUT2D eigenvalue weighted by molar-refractivity contribution is -0.148. The van der Waals surface area contributed by atoms with E-state index in [0.29, 0.717) is 42.0 Å². The first-order valence-electron chi connectivity index (χ1n) is 12.6. The number of carbonyl (C=O) groups excluding carboxylic acids is 1. The zero-order valence-electron chi connectivity index (χ0n) is 18.9. The second kappa shape index (κ2) is 7.88. The fourth-order valence-electron chi connectivity index (χ4n) is 8.67. The van der Waals surface area contributed by atoms with E-state index in [1.165, 1.54) is 18.6 Å². The Kier molecular flexibility index (Phi) is 5.50. The topological polar surface area (TPSA) is 70.9 Å². The summed E-state index contributed by atoms with van der Waals surface area (Å²) >= 11 is 0. The molecule has 1 heterocycles. The van der Waals surface area contributed by atoms with E-state index in [0.717, 1.165) is 64.5 Å². The third-order valence-electron chi connectivity index (χ3n) is 10.3. The van der Waals surface area contributed by atoms with E-state index in [9.17, 15) is 9.90 Å². The molecule has 30 heavy (non-hydrogen) atoms. The number of aliphatic hydroxyl groups excluding tert-OH is 1. The van der Waals surface area contributed by atoms with Gasteiger partial charge in [0.2, 0.25) is 0 Å². The number of nitrogens with zero attached hydrogens (tertiary/aromatic N) is 1. The van der Waals surface area contributed by atoms with Gasteiger partial charge in [0.25, 0.3) is 0 Å². The number of oxime groups is 1. The average molecular weight is 417 g/mol. The van der Waals surface area contributed by atoms with Gasteiger partial charge in [0.05, 0.1) is 5.71 Å². The molecule has 5 heteroatoms. The number of aliphatic hydroxyl groups is 1. The summed E-state index contributed by atoms with van der Waals surface area (Å²) in [5.74, 6) is 3.18. The zero-order chi connectivity index (χ0) is 20.9. The molecule has 8 atom stereocenters. The first-order valence-corrected chi connectivity index (χ1v) is 12.6. The molecule has 2 N–H and O–H groups in total. The van der Waals surface area contributed by atoms with Crippen molar-refractivity contribution in [2.45, 2.75) is 84.2 Å². The number of hydrogen-bond acceptors (Lipinski definition) is 5. The van der Waals surface area contributed by atoms with Crippen LogP contribution < -0.4 is 5.32 Å². The Labute approximate surface area is 181 Å². The van der Waals surface area contributed by atoms with Crippen molar-refractivity contribution in [1.29, 1.82) is 0 Å². The van der Waals surface area contributed by atoms with E-state index in [2.05, 4.69) is 19.2 Å². The average Bonchev–Trinajstić information content (AvgIpc) is 3.39. The molecular formula is C25H40N2O3. The van der Waals surface area contributed by atoms with Crippen molar-refractivity contribution in [2.75, 3.05) is 19.7 Å². The number of Topliss-reactive ketones (excluding diaryl/α,β-unsaturated/α-hetero) is 1. The smallest absolute Gasteiger partial charge is 0.141 e. The van der Waals surface area contributed by atoms with Gasteiger partial charge < -0.3 is 15.3 Å². The normalized spacial score (nSPS) is 49.6. The lowest BCUT2D eigenvalue weighted by atomic mass is 9.43. The molecule has 5 aliphatic rings. The lowest BCUT2D eigenvalue weighted by Gasteiger charge is -2.61. The van der Waals surface area contributed by atoms with Crippen molar-refractivity contribution in [1.82, 2.24) is 5.32 Å². The van der Waals surface area contributed by atoms with Gasteiger partial charge in [-0.1, -0.05) is 19.0 Å². The van der Waals surface area contributed by atoms with Gasteiger partial charge in [0, 0.05) is 42.7 Å². The standard InChI is InChI=1S/C25H40N2O3/c1-3-17-20-5-4-18-19-6-7-23(29)24(19,2)11-8-21(18)25(20,15-28)12-9-22(17)27-30-16-10-13-26-14-16/h16-21,26,28H,3-15H2,1-2H3/b27-22+/t16?,17-,18?,19?,20?,21?,24+,25-/m1/s1. The number of rotatable bonds is 4. The zero-order valence-corrected chi connectivity index (χ0v) is 18.9. The van der Waals surface area contributed by atoms with Crippen molar-refractivity contribution in [3.8, 4) is 0 Å². The molecule has 5 nitrogen and oxygen atoms in total. The highest BCUT2D eigenvalue weighted by molar-refractivity contribution is 5.88. The van der Waals surface area contributed by atoms with E-state index in [4.69, 9.17) is 9.99 Å². The summed E-state index contributed by atoms with van der Waals surface area (Å²) < 4.78 is 0. The molecular weight excluding hydrogens is 376 g/mol. The van der Waals surface area contributed by atoms with Crippen LogP contribution in [-0.2, 0) is 9.63 Å². The molecule has 5 fully saturated rings. The summed E-state index contributed by atoms with van der Waals surface area (Å²) in [5, 5.41) is 18.9. The molecule has 1 aliphatic heterocycles. The van der Waals surface area contributed by atoms with Crippen molar-refractivity contribution in [2.24, 2.45) is 45.6 Å². The Morgan fingerprint density at radius 1 is 1.10 bits per heavy atom. The van der Waals surface area contributed by atoms with Crippen molar-refractivity contribution < 1.29 is 14.7 Å². The summed E-state index contributed by atoms with van der Waals surface area (Å²) in [4.78, 5) is 18.6. The number of hydrogen-bond donors (Lipinski definition) is 2. The van der Waals surface area contributed by atoms with Crippen molar-refractivity contribution in [3.05, 3.63) is 0 Å². The van der Waals surface area contributed by atoms with Crippen molar-refractivity contribution >= 4 is 11.5 Å². The molecule has 4 saturated carbocycles. The molecule has 5 unspecified atom stereocenters. The maximum atomic E-state index is 12.7. The molecule has 0 aromatic carbocycles. The summed E-state index contributed by atoms with van der Waals surface area (Å²) in [7, 11) is 0. The first kappa shape index (κ1) is 20.9.